The number of primary sulfonamides is 1. The molecule has 0 aliphatic heterocycles. The second-order valence-electron chi connectivity index (χ2n) is 3.10. The van der Waals surface area contributed by atoms with Crippen LogP contribution in [0, 0.1) is 5.92 Å². The Balaban J connectivity index is 2.92. The Morgan fingerprint density at radius 2 is 2.00 bits per heavy atom. The number of hydrogen-bond acceptors (Lipinski definition) is 3. The van der Waals surface area contributed by atoms with Crippen molar-refractivity contribution in [2.45, 2.75) is 17.0 Å². The Bertz CT molecular complexity index is 365. The molecular formula is C7H9Cl2NO3S. The van der Waals surface area contributed by atoms with E-state index in [4.69, 9.17) is 28.3 Å². The quantitative estimate of drug-likeness (QED) is 0.447. The van der Waals surface area contributed by atoms with Gasteiger partial charge in [0.2, 0.25) is 15.3 Å². The summed E-state index contributed by atoms with van der Waals surface area (Å²) in [4.78, 5) is 10.8. The van der Waals surface area contributed by atoms with Gasteiger partial charge >= 0.3 is 0 Å². The third-order valence-corrected chi connectivity index (χ3v) is 4.29. The fourth-order valence-electron chi connectivity index (χ4n) is 1.31. The largest absolute Gasteiger partial charge is 0.281 e. The smallest absolute Gasteiger partial charge is 0.228 e. The van der Waals surface area contributed by atoms with E-state index in [1.54, 1.807) is 0 Å². The lowest BCUT2D eigenvalue weighted by atomic mass is 9.96. The third-order valence-electron chi connectivity index (χ3n) is 2.08. The summed E-state index contributed by atoms with van der Waals surface area (Å²) >= 11 is 11.0. The van der Waals surface area contributed by atoms with E-state index >= 15 is 0 Å². The fourth-order valence-corrected chi connectivity index (χ4v) is 3.01. The Labute approximate surface area is 92.1 Å². The Morgan fingerprint density at radius 3 is 2.43 bits per heavy atom. The van der Waals surface area contributed by atoms with Crippen LogP contribution in [0.4, 0.5) is 0 Å². The molecule has 0 spiro atoms. The minimum Gasteiger partial charge on any atom is -0.281 e. The fraction of sp³-hybridized carbons (Fsp3) is 0.571. The number of hydrogen-bond donors (Lipinski definition) is 1. The van der Waals surface area contributed by atoms with E-state index in [1.807, 2.05) is 0 Å². The van der Waals surface area contributed by atoms with Crippen molar-refractivity contribution in [1.29, 1.82) is 0 Å². The molecular weight excluding hydrogens is 249 g/mol. The number of carbonyl (C=O) groups is 1. The van der Waals surface area contributed by atoms with Crippen LogP contribution in [0.1, 0.15) is 6.42 Å². The topological polar surface area (TPSA) is 77.2 Å². The monoisotopic (exact) mass is 257 g/mol. The molecule has 1 rings (SSSR count). The first-order valence-electron chi connectivity index (χ1n) is 3.85. The molecule has 80 valence electrons. The van der Waals surface area contributed by atoms with E-state index in [9.17, 15) is 13.2 Å². The highest BCUT2D eigenvalue weighted by molar-refractivity contribution is 7.89. The maximum Gasteiger partial charge on any atom is 0.228 e. The molecule has 7 heteroatoms. The Kier molecular flexibility index (Phi) is 3.58. The second-order valence-corrected chi connectivity index (χ2v) is 5.76. The van der Waals surface area contributed by atoms with E-state index in [0.717, 1.165) is 0 Å². The highest BCUT2D eigenvalue weighted by Crippen LogP contribution is 2.27. The lowest BCUT2D eigenvalue weighted by molar-refractivity contribution is -0.114. The minimum atomic E-state index is -3.74. The van der Waals surface area contributed by atoms with Crippen molar-refractivity contribution in [1.82, 2.24) is 0 Å². The van der Waals surface area contributed by atoms with Gasteiger partial charge in [-0.05, 0) is 18.0 Å². The van der Waals surface area contributed by atoms with Crippen LogP contribution in [-0.4, -0.2) is 24.3 Å². The maximum absolute atomic E-state index is 11.1. The molecule has 3 atom stereocenters. The van der Waals surface area contributed by atoms with E-state index in [0.29, 0.717) is 0 Å². The highest BCUT2D eigenvalue weighted by Gasteiger charge is 2.35. The van der Waals surface area contributed by atoms with Crippen LogP contribution in [0.5, 0.6) is 0 Å². The van der Waals surface area contributed by atoms with Gasteiger partial charge in [-0.25, -0.2) is 13.6 Å². The third kappa shape index (κ3) is 2.70. The maximum atomic E-state index is 11.1. The van der Waals surface area contributed by atoms with E-state index in [1.165, 1.54) is 12.2 Å². The average Bonchev–Trinajstić information content (AvgIpc) is 2.02. The first kappa shape index (κ1) is 12.0. The molecule has 4 nitrogen and oxygen atoms in total. The predicted molar refractivity (Wildman–Crippen MR) is 54.6 cm³/mol. The summed E-state index contributed by atoms with van der Waals surface area (Å²) in [5.74, 6) is -0.616. The minimum absolute atomic E-state index is 0.0475. The van der Waals surface area contributed by atoms with Crippen molar-refractivity contribution >= 4 is 38.5 Å². The molecule has 0 amide bonds. The summed E-state index contributed by atoms with van der Waals surface area (Å²) in [7, 11) is -3.74. The molecule has 0 aromatic heterocycles. The zero-order valence-electron chi connectivity index (χ0n) is 7.06. The zero-order valence-corrected chi connectivity index (χ0v) is 9.39. The second kappa shape index (κ2) is 4.18. The molecule has 1 aliphatic rings. The molecule has 3 unspecified atom stereocenters. The van der Waals surface area contributed by atoms with Gasteiger partial charge < -0.3 is 0 Å². The van der Waals surface area contributed by atoms with Gasteiger partial charge in [0.25, 0.3) is 0 Å². The van der Waals surface area contributed by atoms with Crippen LogP contribution in [0.15, 0.2) is 12.2 Å². The van der Waals surface area contributed by atoms with Crippen molar-refractivity contribution < 1.29 is 13.2 Å². The van der Waals surface area contributed by atoms with Crippen molar-refractivity contribution in [3.63, 3.8) is 0 Å². The molecule has 2 N–H and O–H groups in total. The summed E-state index contributed by atoms with van der Waals surface area (Å²) in [6.45, 7) is 0. The molecule has 1 aliphatic carbocycles. The first-order chi connectivity index (χ1) is 6.32. The van der Waals surface area contributed by atoms with Gasteiger partial charge in [0.05, 0.1) is 16.5 Å². The summed E-state index contributed by atoms with van der Waals surface area (Å²) in [5.41, 5.74) is 0. The number of halogens is 2. The van der Waals surface area contributed by atoms with E-state index < -0.39 is 31.8 Å². The molecule has 0 fully saturated rings. The van der Waals surface area contributed by atoms with Crippen LogP contribution in [-0.2, 0) is 14.8 Å². The number of rotatable bonds is 2. The lowest BCUT2D eigenvalue weighted by Crippen LogP contribution is -2.39. The number of nitrogens with two attached hydrogens (primary N) is 1. The van der Waals surface area contributed by atoms with Gasteiger partial charge in [0.15, 0.2) is 0 Å². The normalized spacial score (nSPS) is 32.9. The van der Waals surface area contributed by atoms with Gasteiger partial charge in [0, 0.05) is 0 Å². The van der Waals surface area contributed by atoms with Crippen LogP contribution >= 0.6 is 23.2 Å². The molecule has 0 bridgehead atoms. The summed E-state index contributed by atoms with van der Waals surface area (Å²) in [6, 6.07) is 0. The summed E-state index contributed by atoms with van der Waals surface area (Å²) < 4.78 is 22.1. The first-order valence-corrected chi connectivity index (χ1v) is 6.28. The predicted octanol–water partition coefficient (Wildman–Crippen LogP) is 0.592. The number of alkyl halides is 1. The van der Waals surface area contributed by atoms with Gasteiger partial charge in [-0.15, -0.1) is 11.6 Å². The molecule has 0 aromatic carbocycles. The van der Waals surface area contributed by atoms with Gasteiger partial charge in [-0.3, -0.25) is 4.79 Å². The summed E-state index contributed by atoms with van der Waals surface area (Å²) in [6.07, 6.45) is 2.99. The standard InChI is InChI=1S/C7H9Cl2NO3S/c8-5-2-1-4(7(9)11)3-6(5)14(10,12)13/h1-2,4-6H,3H2,(H2,10,12,13). The van der Waals surface area contributed by atoms with Crippen LogP contribution in [0.25, 0.3) is 0 Å². The summed E-state index contributed by atoms with van der Waals surface area (Å²) in [5, 5.41) is 2.72. The van der Waals surface area contributed by atoms with E-state index in [-0.39, 0.29) is 6.42 Å². The van der Waals surface area contributed by atoms with Crippen molar-refractivity contribution in [3.05, 3.63) is 12.2 Å². The van der Waals surface area contributed by atoms with Gasteiger partial charge in [-0.1, -0.05) is 12.2 Å². The zero-order chi connectivity index (χ0) is 10.9. The SMILES string of the molecule is NS(=O)(=O)C1CC(C(=O)Cl)C=CC1Cl. The lowest BCUT2D eigenvalue weighted by Gasteiger charge is -2.24. The van der Waals surface area contributed by atoms with Crippen molar-refractivity contribution in [2.24, 2.45) is 11.1 Å². The van der Waals surface area contributed by atoms with Crippen LogP contribution in [0.3, 0.4) is 0 Å². The van der Waals surface area contributed by atoms with Crippen molar-refractivity contribution in [3.8, 4) is 0 Å². The number of carbonyl (C=O) groups excluding carboxylic acids is 1. The van der Waals surface area contributed by atoms with Crippen LogP contribution in [0.2, 0.25) is 0 Å². The van der Waals surface area contributed by atoms with Gasteiger partial charge in [0.1, 0.15) is 0 Å². The Morgan fingerprint density at radius 1 is 1.43 bits per heavy atom. The van der Waals surface area contributed by atoms with Crippen molar-refractivity contribution in [2.75, 3.05) is 0 Å². The van der Waals surface area contributed by atoms with Gasteiger partial charge in [-0.2, -0.15) is 0 Å². The molecule has 0 aromatic rings. The molecule has 0 saturated carbocycles. The molecule has 0 radical (unpaired) electrons. The molecule has 0 saturated heterocycles. The highest BCUT2D eigenvalue weighted by atomic mass is 35.5. The molecule has 0 heterocycles. The van der Waals surface area contributed by atoms with E-state index in [2.05, 4.69) is 0 Å². The molecule has 14 heavy (non-hydrogen) atoms. The number of allylic oxidation sites excluding steroid dienone is 2. The van der Waals surface area contributed by atoms with Crippen LogP contribution < -0.4 is 5.14 Å². The Hall–Kier alpha value is -0.100. The average molecular weight is 258 g/mol. The number of sulfonamides is 1.